The molecule has 0 saturated carbocycles. The van der Waals surface area contributed by atoms with Crippen LogP contribution >= 0.6 is 0 Å². The van der Waals surface area contributed by atoms with E-state index in [-0.39, 0.29) is 17.0 Å². The summed E-state index contributed by atoms with van der Waals surface area (Å²) in [5.41, 5.74) is 2.65. The minimum Gasteiger partial charge on any atom is -0.435 e. The lowest BCUT2D eigenvalue weighted by Gasteiger charge is -2.06. The maximum Gasteiger partial charge on any atom is 0.387 e. The van der Waals surface area contributed by atoms with E-state index in [1.54, 1.807) is 24.3 Å². The van der Waals surface area contributed by atoms with Gasteiger partial charge < -0.3 is 4.74 Å². The molecule has 0 spiro atoms. The van der Waals surface area contributed by atoms with Gasteiger partial charge >= 0.3 is 6.61 Å². The molecule has 0 atom stereocenters. The molecule has 3 aromatic rings. The standard InChI is InChI=1S/C18H14F2N4O3/c1-24-17(26)14-5-3-2-4-13(14)15(23-24)16(25)22-21-10-11-6-8-12(9-7-11)27-18(19)20/h2-10,18H,1H3,(H,22,25). The fraction of sp³-hybridized carbons (Fsp3) is 0.111. The topological polar surface area (TPSA) is 85.6 Å². The SMILES string of the molecule is Cn1nc(C(=O)NN=Cc2ccc(OC(F)F)cc2)c2ccccc2c1=O. The quantitative estimate of drug-likeness (QED) is 0.550. The van der Waals surface area contributed by atoms with Crippen molar-refractivity contribution < 1.29 is 18.3 Å². The minimum atomic E-state index is -2.90. The van der Waals surface area contributed by atoms with Crippen molar-refractivity contribution >= 4 is 22.9 Å². The molecule has 1 aromatic heterocycles. The molecule has 0 radical (unpaired) electrons. The highest BCUT2D eigenvalue weighted by molar-refractivity contribution is 6.04. The van der Waals surface area contributed by atoms with E-state index in [1.165, 1.54) is 37.5 Å². The smallest absolute Gasteiger partial charge is 0.387 e. The van der Waals surface area contributed by atoms with Crippen molar-refractivity contribution in [2.45, 2.75) is 6.61 Å². The van der Waals surface area contributed by atoms with Crippen LogP contribution in [-0.2, 0) is 7.05 Å². The lowest BCUT2D eigenvalue weighted by Crippen LogP contribution is -2.27. The highest BCUT2D eigenvalue weighted by Gasteiger charge is 2.14. The molecule has 138 valence electrons. The van der Waals surface area contributed by atoms with E-state index >= 15 is 0 Å². The number of carbonyl (C=O) groups is 1. The zero-order valence-corrected chi connectivity index (χ0v) is 14.1. The first-order chi connectivity index (χ1) is 13.0. The summed E-state index contributed by atoms with van der Waals surface area (Å²) in [5.74, 6) is -0.567. The van der Waals surface area contributed by atoms with Crippen LogP contribution in [0.3, 0.4) is 0 Å². The molecule has 0 aliphatic carbocycles. The van der Waals surface area contributed by atoms with E-state index < -0.39 is 12.5 Å². The molecule has 1 amide bonds. The van der Waals surface area contributed by atoms with Crippen molar-refractivity contribution in [3.63, 3.8) is 0 Å². The van der Waals surface area contributed by atoms with E-state index in [0.717, 1.165) is 4.68 Å². The number of nitrogens with zero attached hydrogens (tertiary/aromatic N) is 3. The number of hydrogen-bond acceptors (Lipinski definition) is 5. The fourth-order valence-corrected chi connectivity index (χ4v) is 2.42. The normalized spacial score (nSPS) is 11.3. The zero-order chi connectivity index (χ0) is 19.4. The number of halogens is 2. The van der Waals surface area contributed by atoms with Gasteiger partial charge in [0, 0.05) is 12.4 Å². The van der Waals surface area contributed by atoms with Crippen LogP contribution in [0.2, 0.25) is 0 Å². The molecule has 3 rings (SSSR count). The number of ether oxygens (including phenoxy) is 1. The van der Waals surface area contributed by atoms with Crippen LogP contribution in [0.4, 0.5) is 8.78 Å². The van der Waals surface area contributed by atoms with Gasteiger partial charge in [-0.2, -0.15) is 19.0 Å². The van der Waals surface area contributed by atoms with Crippen LogP contribution in [-0.4, -0.2) is 28.5 Å². The Kier molecular flexibility index (Phi) is 5.20. The first-order valence-electron chi connectivity index (χ1n) is 7.80. The summed E-state index contributed by atoms with van der Waals surface area (Å²) < 4.78 is 29.6. The predicted octanol–water partition coefficient (Wildman–Crippen LogP) is 2.30. The van der Waals surface area contributed by atoms with Crippen molar-refractivity contribution in [2.24, 2.45) is 12.1 Å². The van der Waals surface area contributed by atoms with Crippen LogP contribution < -0.4 is 15.7 Å². The highest BCUT2D eigenvalue weighted by Crippen LogP contribution is 2.14. The van der Waals surface area contributed by atoms with Crippen LogP contribution in [0.1, 0.15) is 16.1 Å². The van der Waals surface area contributed by atoms with Gasteiger partial charge in [0.1, 0.15) is 5.75 Å². The Morgan fingerprint density at radius 1 is 1.19 bits per heavy atom. The molecule has 9 heteroatoms. The summed E-state index contributed by atoms with van der Waals surface area (Å²) >= 11 is 0. The number of aryl methyl sites for hydroxylation is 1. The van der Waals surface area contributed by atoms with Gasteiger partial charge in [0.2, 0.25) is 0 Å². The summed E-state index contributed by atoms with van der Waals surface area (Å²) in [6.07, 6.45) is 1.34. The Morgan fingerprint density at radius 2 is 1.85 bits per heavy atom. The summed E-state index contributed by atoms with van der Waals surface area (Å²) in [5, 5.41) is 8.61. The number of benzene rings is 2. The molecular formula is C18H14F2N4O3. The van der Waals surface area contributed by atoms with Gasteiger partial charge in [-0.25, -0.2) is 10.1 Å². The average Bonchev–Trinajstić information content (AvgIpc) is 2.65. The Bertz CT molecular complexity index is 1060. The lowest BCUT2D eigenvalue weighted by molar-refractivity contribution is -0.0498. The van der Waals surface area contributed by atoms with Crippen molar-refractivity contribution in [1.82, 2.24) is 15.2 Å². The van der Waals surface area contributed by atoms with E-state index in [2.05, 4.69) is 20.4 Å². The first kappa shape index (κ1) is 18.2. The summed E-state index contributed by atoms with van der Waals surface area (Å²) in [7, 11) is 1.46. The fourth-order valence-electron chi connectivity index (χ4n) is 2.42. The van der Waals surface area contributed by atoms with Crippen LogP contribution in [0.5, 0.6) is 5.75 Å². The first-order valence-corrected chi connectivity index (χ1v) is 7.80. The van der Waals surface area contributed by atoms with Crippen molar-refractivity contribution in [2.75, 3.05) is 0 Å². The third kappa shape index (κ3) is 4.14. The molecule has 1 heterocycles. The largest absolute Gasteiger partial charge is 0.435 e. The number of hydrogen-bond donors (Lipinski definition) is 1. The number of amides is 1. The van der Waals surface area contributed by atoms with Crippen molar-refractivity contribution in [1.29, 1.82) is 0 Å². The van der Waals surface area contributed by atoms with Crippen molar-refractivity contribution in [3.05, 3.63) is 70.1 Å². The third-order valence-electron chi connectivity index (χ3n) is 3.66. The molecule has 0 bridgehead atoms. The zero-order valence-electron chi connectivity index (χ0n) is 14.1. The Balaban J connectivity index is 1.76. The van der Waals surface area contributed by atoms with Crippen LogP contribution in [0.25, 0.3) is 10.8 Å². The lowest BCUT2D eigenvalue weighted by atomic mass is 10.1. The predicted molar refractivity (Wildman–Crippen MR) is 95.1 cm³/mol. The Labute approximate surface area is 151 Å². The van der Waals surface area contributed by atoms with E-state index in [0.29, 0.717) is 16.3 Å². The van der Waals surface area contributed by atoms with Gasteiger partial charge in [0.05, 0.1) is 11.6 Å². The molecule has 7 nitrogen and oxygen atoms in total. The average molecular weight is 372 g/mol. The molecule has 0 aliphatic heterocycles. The minimum absolute atomic E-state index is 0.0204. The van der Waals surface area contributed by atoms with Gasteiger partial charge in [0.25, 0.3) is 11.5 Å². The summed E-state index contributed by atoms with van der Waals surface area (Å²) in [6, 6.07) is 12.4. The maximum atomic E-state index is 12.4. The Morgan fingerprint density at radius 3 is 2.52 bits per heavy atom. The Hall–Kier alpha value is -3.62. The second-order valence-electron chi connectivity index (χ2n) is 5.47. The molecule has 1 N–H and O–H groups in total. The summed E-state index contributed by atoms with van der Waals surface area (Å²) in [6.45, 7) is -2.90. The van der Waals surface area contributed by atoms with Crippen molar-refractivity contribution in [3.8, 4) is 5.75 Å². The number of hydrazone groups is 1. The maximum absolute atomic E-state index is 12.4. The number of alkyl halides is 2. The molecular weight excluding hydrogens is 358 g/mol. The van der Waals surface area contributed by atoms with Gasteiger partial charge in [-0.1, -0.05) is 18.2 Å². The number of aromatic nitrogens is 2. The molecule has 0 fully saturated rings. The molecule has 0 saturated heterocycles. The number of rotatable bonds is 5. The van der Waals surface area contributed by atoms with Gasteiger partial charge in [-0.05, 0) is 35.9 Å². The van der Waals surface area contributed by atoms with Gasteiger partial charge in [-0.15, -0.1) is 0 Å². The van der Waals surface area contributed by atoms with E-state index in [9.17, 15) is 18.4 Å². The molecule has 2 aromatic carbocycles. The van der Waals surface area contributed by atoms with E-state index in [4.69, 9.17) is 0 Å². The number of nitrogens with one attached hydrogen (secondary N) is 1. The summed E-state index contributed by atoms with van der Waals surface area (Å²) in [4.78, 5) is 24.5. The van der Waals surface area contributed by atoms with E-state index in [1.807, 2.05) is 0 Å². The molecule has 27 heavy (non-hydrogen) atoms. The van der Waals surface area contributed by atoms with Crippen LogP contribution in [0, 0.1) is 0 Å². The monoisotopic (exact) mass is 372 g/mol. The number of fused-ring (bicyclic) bond motifs is 1. The second-order valence-corrected chi connectivity index (χ2v) is 5.47. The van der Waals surface area contributed by atoms with Crippen LogP contribution in [0.15, 0.2) is 58.4 Å². The molecule has 0 aliphatic rings. The molecule has 0 unspecified atom stereocenters. The third-order valence-corrected chi connectivity index (χ3v) is 3.66. The van der Waals surface area contributed by atoms with Gasteiger partial charge in [-0.3, -0.25) is 9.59 Å². The van der Waals surface area contributed by atoms with Gasteiger partial charge in [0.15, 0.2) is 5.69 Å². The number of carbonyl (C=O) groups excluding carboxylic acids is 1. The second kappa shape index (κ2) is 7.73. The highest BCUT2D eigenvalue weighted by atomic mass is 19.3.